The molecular weight excluding hydrogens is 875 g/mol. The molecule has 0 saturated carbocycles. The van der Waals surface area contributed by atoms with Crippen LogP contribution in [0.4, 0.5) is 0 Å². The number of halogens is 9. The minimum atomic E-state index is 0.747. The van der Waals surface area contributed by atoms with E-state index in [0.717, 1.165) is 57.8 Å². The molecule has 0 aliphatic carbocycles. The van der Waals surface area contributed by atoms with Gasteiger partial charge in [0, 0.05) is 46.7 Å². The third-order valence-corrected chi connectivity index (χ3v) is 13.8. The fraction of sp³-hybridized carbons (Fsp3) is 0.0769. The van der Waals surface area contributed by atoms with Crippen LogP contribution in [0.3, 0.4) is 0 Å². The molecule has 0 nitrogen and oxygen atoms in total. The second-order valence-electron chi connectivity index (χ2n) is 4.18. The Morgan fingerprint density at radius 2 is 0.909 bits per heavy atom. The van der Waals surface area contributed by atoms with E-state index in [9.17, 15) is 0 Å². The van der Waals surface area contributed by atoms with E-state index in [4.69, 9.17) is 0 Å². The summed E-state index contributed by atoms with van der Waals surface area (Å²) in [6.45, 7) is 0. The van der Waals surface area contributed by atoms with Crippen LogP contribution < -0.4 is 0 Å². The van der Waals surface area contributed by atoms with E-state index in [-0.39, 0.29) is 0 Å². The van der Waals surface area contributed by atoms with Crippen LogP contribution in [-0.4, -0.2) is 0 Å². The predicted molar refractivity (Wildman–Crippen MR) is 125 cm³/mol. The molecule has 0 aromatic heterocycles. The van der Waals surface area contributed by atoms with Gasteiger partial charge in [-0.1, -0.05) is 0 Å². The summed E-state index contributed by atoms with van der Waals surface area (Å²) in [7, 11) is 0. The fourth-order valence-corrected chi connectivity index (χ4v) is 7.40. The summed E-state index contributed by atoms with van der Waals surface area (Å²) in [6, 6.07) is 2.10. The van der Waals surface area contributed by atoms with Gasteiger partial charge in [0.05, 0.1) is 0 Å². The van der Waals surface area contributed by atoms with E-state index < -0.39 is 0 Å². The molecule has 0 amide bonds. The Morgan fingerprint density at radius 1 is 0.500 bits per heavy atom. The molecule has 2 rings (SSSR count). The van der Waals surface area contributed by atoms with Gasteiger partial charge in [0.2, 0.25) is 0 Å². The second-order valence-corrected chi connectivity index (χ2v) is 11.4. The van der Waals surface area contributed by atoms with Gasteiger partial charge >= 0.3 is 0 Å². The first-order valence-corrected chi connectivity index (χ1v) is 12.6. The van der Waals surface area contributed by atoms with Crippen molar-refractivity contribution in [2.45, 2.75) is 6.42 Å². The standard InChI is InChI=1S/C13H3Br9/c14-5-2-3(6(15)10(19)9(5)18)1-4-7(16)11(20)13(22)12(21)8(4)17/h2H,1H2. The molecule has 0 aliphatic rings. The van der Waals surface area contributed by atoms with Gasteiger partial charge < -0.3 is 0 Å². The zero-order chi connectivity index (χ0) is 16.8. The topological polar surface area (TPSA) is 0 Å². The van der Waals surface area contributed by atoms with Gasteiger partial charge in [-0.25, -0.2) is 0 Å². The Hall–Kier alpha value is 2.76. The van der Waals surface area contributed by atoms with Crippen molar-refractivity contribution in [1.29, 1.82) is 0 Å². The van der Waals surface area contributed by atoms with Crippen molar-refractivity contribution in [3.63, 3.8) is 0 Å². The molecule has 118 valence electrons. The summed E-state index contributed by atoms with van der Waals surface area (Å²) in [6.07, 6.45) is 0.747. The quantitative estimate of drug-likeness (QED) is 0.208. The molecule has 0 bridgehead atoms. The van der Waals surface area contributed by atoms with Crippen LogP contribution in [-0.2, 0) is 6.42 Å². The van der Waals surface area contributed by atoms with Crippen molar-refractivity contribution in [1.82, 2.24) is 0 Å². The molecule has 0 saturated heterocycles. The van der Waals surface area contributed by atoms with Crippen LogP contribution >= 0.6 is 143 Å². The third kappa shape index (κ3) is 4.18. The second kappa shape index (κ2) is 8.63. The van der Waals surface area contributed by atoms with Gasteiger partial charge in [-0.05, 0) is 161 Å². The highest BCUT2D eigenvalue weighted by Crippen LogP contribution is 2.46. The van der Waals surface area contributed by atoms with Crippen LogP contribution in [0.2, 0.25) is 0 Å². The Bertz CT molecular complexity index is 738. The van der Waals surface area contributed by atoms with E-state index in [1.54, 1.807) is 0 Å². The highest BCUT2D eigenvalue weighted by molar-refractivity contribution is 9.16. The minimum Gasteiger partial charge on any atom is -0.0496 e. The van der Waals surface area contributed by atoms with Crippen LogP contribution in [0.5, 0.6) is 0 Å². The third-order valence-electron chi connectivity index (χ3n) is 2.85. The largest absolute Gasteiger partial charge is 0.0496 e. The molecule has 0 spiro atoms. The molecule has 0 N–H and O–H groups in total. The normalized spacial score (nSPS) is 11.1. The van der Waals surface area contributed by atoms with Crippen molar-refractivity contribution in [3.8, 4) is 0 Å². The lowest BCUT2D eigenvalue weighted by Gasteiger charge is -2.16. The maximum absolute atomic E-state index is 3.67. The van der Waals surface area contributed by atoms with Crippen molar-refractivity contribution in [2.24, 2.45) is 0 Å². The minimum absolute atomic E-state index is 0.747. The van der Waals surface area contributed by atoms with E-state index in [2.05, 4.69) is 149 Å². The van der Waals surface area contributed by atoms with Gasteiger partial charge in [0.25, 0.3) is 0 Å². The zero-order valence-corrected chi connectivity index (χ0v) is 24.5. The molecule has 2 aromatic carbocycles. The summed E-state index contributed by atoms with van der Waals surface area (Å²) in [5, 5.41) is 0. The molecule has 0 aliphatic heterocycles. The molecule has 0 unspecified atom stereocenters. The van der Waals surface area contributed by atoms with Gasteiger partial charge in [0.15, 0.2) is 0 Å². The molecule has 22 heavy (non-hydrogen) atoms. The van der Waals surface area contributed by atoms with Crippen LogP contribution in [0.1, 0.15) is 11.1 Å². The van der Waals surface area contributed by atoms with Crippen LogP contribution in [0, 0.1) is 0 Å². The van der Waals surface area contributed by atoms with Gasteiger partial charge in [-0.15, -0.1) is 0 Å². The lowest BCUT2D eigenvalue weighted by Crippen LogP contribution is -1.97. The predicted octanol–water partition coefficient (Wildman–Crippen LogP) is 10.1. The smallest absolute Gasteiger partial charge is 0.0482 e. The Morgan fingerprint density at radius 3 is 1.41 bits per heavy atom. The summed E-state index contributed by atoms with van der Waals surface area (Å²) >= 11 is 32.5. The SMILES string of the molecule is Brc1cc(Cc2c(Br)c(Br)c(Br)c(Br)c2Br)c(Br)c(Br)c1Br. The van der Waals surface area contributed by atoms with Crippen molar-refractivity contribution in [3.05, 3.63) is 57.4 Å². The number of rotatable bonds is 2. The summed E-state index contributed by atoms with van der Waals surface area (Å²) in [4.78, 5) is 0. The zero-order valence-electron chi connectivity index (χ0n) is 10.2. The average Bonchev–Trinajstić information content (AvgIpc) is 2.50. The highest BCUT2D eigenvalue weighted by atomic mass is 79.9. The summed E-state index contributed by atoms with van der Waals surface area (Å²) in [5.74, 6) is 0. The monoisotopic (exact) mass is 869 g/mol. The number of hydrogen-bond acceptors (Lipinski definition) is 0. The molecule has 0 radical (unpaired) electrons. The first-order valence-electron chi connectivity index (χ1n) is 5.49. The van der Waals surface area contributed by atoms with Gasteiger partial charge in [-0.3, -0.25) is 0 Å². The van der Waals surface area contributed by atoms with Crippen LogP contribution in [0.25, 0.3) is 0 Å². The van der Waals surface area contributed by atoms with E-state index in [1.165, 1.54) is 0 Å². The molecule has 9 heteroatoms. The Labute approximate surface area is 204 Å². The molecular formula is C13H3Br9. The van der Waals surface area contributed by atoms with Gasteiger partial charge in [-0.2, -0.15) is 0 Å². The average molecular weight is 878 g/mol. The van der Waals surface area contributed by atoms with Crippen molar-refractivity contribution >= 4 is 143 Å². The fourth-order valence-electron chi connectivity index (χ4n) is 1.75. The maximum atomic E-state index is 3.67. The number of benzene rings is 2. The van der Waals surface area contributed by atoms with Crippen LogP contribution in [0.15, 0.2) is 46.3 Å². The van der Waals surface area contributed by atoms with E-state index in [1.807, 2.05) is 0 Å². The first-order chi connectivity index (χ1) is 10.2. The molecule has 0 fully saturated rings. The Kier molecular flexibility index (Phi) is 8.27. The Balaban J connectivity index is 2.63. The van der Waals surface area contributed by atoms with Crippen molar-refractivity contribution < 1.29 is 0 Å². The summed E-state index contributed by atoms with van der Waals surface area (Å²) < 4.78 is 8.93. The van der Waals surface area contributed by atoms with Gasteiger partial charge in [0.1, 0.15) is 0 Å². The van der Waals surface area contributed by atoms with E-state index in [0.29, 0.717) is 0 Å². The molecule has 2 aromatic rings. The number of hydrogen-bond donors (Lipinski definition) is 0. The van der Waals surface area contributed by atoms with Crippen molar-refractivity contribution in [2.75, 3.05) is 0 Å². The maximum Gasteiger partial charge on any atom is 0.0482 e. The summed E-state index contributed by atoms with van der Waals surface area (Å²) in [5.41, 5.74) is 2.30. The molecule has 0 atom stereocenters. The molecule has 0 heterocycles. The lowest BCUT2D eigenvalue weighted by atomic mass is 10.1. The van der Waals surface area contributed by atoms with E-state index >= 15 is 0 Å². The highest BCUT2D eigenvalue weighted by Gasteiger charge is 2.20. The first kappa shape index (κ1) is 21.1. The lowest BCUT2D eigenvalue weighted by molar-refractivity contribution is 1.13.